The highest BCUT2D eigenvalue weighted by Crippen LogP contribution is 2.19. The first kappa shape index (κ1) is 15.3. The molecule has 7 nitrogen and oxygen atoms in total. The molecule has 0 bridgehead atoms. The maximum absolute atomic E-state index is 11.7. The number of aliphatic carboxylic acids is 1. The Morgan fingerprint density at radius 1 is 1.32 bits per heavy atom. The lowest BCUT2D eigenvalue weighted by atomic mass is 10.1. The summed E-state index contributed by atoms with van der Waals surface area (Å²) in [6.07, 6.45) is 1.63. The van der Waals surface area contributed by atoms with Crippen LogP contribution in [0.5, 0.6) is 0 Å². The minimum atomic E-state index is -0.841. The fourth-order valence-corrected chi connectivity index (χ4v) is 2.03. The first-order chi connectivity index (χ1) is 9.02. The third kappa shape index (κ3) is 5.58. The van der Waals surface area contributed by atoms with E-state index in [0.717, 1.165) is 6.42 Å². The molecule has 1 unspecified atom stereocenters. The maximum atomic E-state index is 11.7. The van der Waals surface area contributed by atoms with E-state index < -0.39 is 5.97 Å². The highest BCUT2D eigenvalue weighted by atomic mass is 16.4. The number of urea groups is 1. The Morgan fingerprint density at radius 2 is 2.05 bits per heavy atom. The number of carbonyl (C=O) groups excluding carboxylic acids is 2. The number of hydrogen-bond donors (Lipinski definition) is 3. The summed E-state index contributed by atoms with van der Waals surface area (Å²) in [4.78, 5) is 35.2. The minimum absolute atomic E-state index is 0.0113. The first-order valence-electron chi connectivity index (χ1n) is 6.54. The van der Waals surface area contributed by atoms with Crippen LogP contribution in [0.15, 0.2) is 0 Å². The Kier molecular flexibility index (Phi) is 6.11. The first-order valence-corrected chi connectivity index (χ1v) is 6.54. The number of hydrogen-bond acceptors (Lipinski definition) is 3. The highest BCUT2D eigenvalue weighted by molar-refractivity contribution is 5.84. The molecule has 0 aliphatic carbocycles. The number of carboxylic acids is 1. The largest absolute Gasteiger partial charge is 0.481 e. The quantitative estimate of drug-likeness (QED) is 0.634. The summed E-state index contributed by atoms with van der Waals surface area (Å²) in [5.41, 5.74) is 0. The monoisotopic (exact) mass is 271 g/mol. The molecule has 1 atom stereocenters. The number of nitrogens with one attached hydrogen (secondary N) is 2. The van der Waals surface area contributed by atoms with Gasteiger partial charge in [-0.2, -0.15) is 0 Å². The number of carboxylic acid groups (broad SMARTS) is 1. The van der Waals surface area contributed by atoms with E-state index in [2.05, 4.69) is 10.6 Å². The molecule has 0 aromatic rings. The van der Waals surface area contributed by atoms with Crippen LogP contribution in [0.4, 0.5) is 4.79 Å². The lowest BCUT2D eigenvalue weighted by molar-refractivity contribution is -0.138. The molecular formula is C12H21N3O4. The number of likely N-dealkylation sites (tertiary alicyclic amines) is 1. The maximum Gasteiger partial charge on any atom is 0.317 e. The standard InChI is InChI=1S/C12H21N3O4/c1-2-4-13-10(16)7-14-12(19)15-5-3-9(8-15)6-11(17)18/h9H,2-8H2,1H3,(H,13,16)(H,14,19)(H,17,18). The van der Waals surface area contributed by atoms with Gasteiger partial charge in [-0.15, -0.1) is 0 Å². The van der Waals surface area contributed by atoms with E-state index in [1.807, 2.05) is 6.92 Å². The van der Waals surface area contributed by atoms with E-state index in [9.17, 15) is 14.4 Å². The van der Waals surface area contributed by atoms with Gasteiger partial charge >= 0.3 is 12.0 Å². The Labute approximate surface area is 112 Å². The smallest absolute Gasteiger partial charge is 0.317 e. The van der Waals surface area contributed by atoms with Crippen molar-refractivity contribution < 1.29 is 19.5 Å². The third-order valence-electron chi connectivity index (χ3n) is 3.01. The van der Waals surface area contributed by atoms with Crippen LogP contribution in [-0.2, 0) is 9.59 Å². The van der Waals surface area contributed by atoms with Gasteiger partial charge in [0.2, 0.25) is 5.91 Å². The predicted molar refractivity (Wildman–Crippen MR) is 68.6 cm³/mol. The van der Waals surface area contributed by atoms with Crippen molar-refractivity contribution >= 4 is 17.9 Å². The summed E-state index contributed by atoms with van der Waals surface area (Å²) < 4.78 is 0. The van der Waals surface area contributed by atoms with Gasteiger partial charge in [0.25, 0.3) is 0 Å². The van der Waals surface area contributed by atoms with Crippen molar-refractivity contribution in [1.82, 2.24) is 15.5 Å². The molecule has 3 amide bonds. The van der Waals surface area contributed by atoms with Crippen molar-refractivity contribution in [2.24, 2.45) is 5.92 Å². The van der Waals surface area contributed by atoms with Gasteiger partial charge in [-0.3, -0.25) is 9.59 Å². The summed E-state index contributed by atoms with van der Waals surface area (Å²) in [5.74, 6) is -1.04. The normalized spacial score (nSPS) is 18.2. The highest BCUT2D eigenvalue weighted by Gasteiger charge is 2.27. The molecule has 19 heavy (non-hydrogen) atoms. The molecule has 1 saturated heterocycles. The van der Waals surface area contributed by atoms with Crippen molar-refractivity contribution in [2.75, 3.05) is 26.2 Å². The van der Waals surface area contributed by atoms with Crippen LogP contribution in [0.25, 0.3) is 0 Å². The molecule has 108 valence electrons. The number of amides is 3. The van der Waals surface area contributed by atoms with E-state index in [4.69, 9.17) is 5.11 Å². The Bertz CT molecular complexity index is 346. The van der Waals surface area contributed by atoms with Crippen molar-refractivity contribution in [3.63, 3.8) is 0 Å². The fraction of sp³-hybridized carbons (Fsp3) is 0.750. The van der Waals surface area contributed by atoms with Crippen LogP contribution < -0.4 is 10.6 Å². The van der Waals surface area contributed by atoms with Gasteiger partial charge in [0, 0.05) is 26.1 Å². The molecule has 3 N–H and O–H groups in total. The average molecular weight is 271 g/mol. The summed E-state index contributed by atoms with van der Waals surface area (Å²) in [5, 5.41) is 13.9. The van der Waals surface area contributed by atoms with Gasteiger partial charge in [-0.1, -0.05) is 6.92 Å². The second kappa shape index (κ2) is 7.60. The summed E-state index contributed by atoms with van der Waals surface area (Å²) in [6.45, 7) is 3.48. The Morgan fingerprint density at radius 3 is 2.68 bits per heavy atom. The SMILES string of the molecule is CCCNC(=O)CNC(=O)N1CCC(CC(=O)O)C1. The van der Waals surface area contributed by atoms with E-state index in [-0.39, 0.29) is 30.8 Å². The van der Waals surface area contributed by atoms with E-state index in [1.165, 1.54) is 0 Å². The molecule has 0 saturated carbocycles. The Hall–Kier alpha value is -1.79. The van der Waals surface area contributed by atoms with Crippen molar-refractivity contribution in [3.8, 4) is 0 Å². The molecule has 1 fully saturated rings. The zero-order chi connectivity index (χ0) is 14.3. The van der Waals surface area contributed by atoms with E-state index in [0.29, 0.717) is 26.1 Å². The zero-order valence-corrected chi connectivity index (χ0v) is 11.1. The van der Waals surface area contributed by atoms with Gasteiger partial charge in [-0.05, 0) is 18.8 Å². The summed E-state index contributed by atoms with van der Waals surface area (Å²) >= 11 is 0. The van der Waals surface area contributed by atoms with Gasteiger partial charge in [0.05, 0.1) is 6.54 Å². The van der Waals surface area contributed by atoms with Gasteiger partial charge in [0.15, 0.2) is 0 Å². The second-order valence-electron chi connectivity index (χ2n) is 4.71. The molecule has 0 spiro atoms. The minimum Gasteiger partial charge on any atom is -0.481 e. The van der Waals surface area contributed by atoms with Gasteiger partial charge in [-0.25, -0.2) is 4.79 Å². The molecule has 7 heteroatoms. The van der Waals surface area contributed by atoms with E-state index >= 15 is 0 Å². The van der Waals surface area contributed by atoms with Gasteiger partial charge < -0.3 is 20.6 Å². The zero-order valence-electron chi connectivity index (χ0n) is 11.1. The number of rotatable bonds is 6. The lowest BCUT2D eigenvalue weighted by Gasteiger charge is -2.16. The fourth-order valence-electron chi connectivity index (χ4n) is 2.03. The van der Waals surface area contributed by atoms with Crippen molar-refractivity contribution in [3.05, 3.63) is 0 Å². The average Bonchev–Trinajstić information content (AvgIpc) is 2.81. The lowest BCUT2D eigenvalue weighted by Crippen LogP contribution is -2.43. The third-order valence-corrected chi connectivity index (χ3v) is 3.01. The second-order valence-corrected chi connectivity index (χ2v) is 4.71. The van der Waals surface area contributed by atoms with Crippen LogP contribution in [0.1, 0.15) is 26.2 Å². The summed E-state index contributed by atoms with van der Waals surface area (Å²) in [6, 6.07) is -0.306. The topological polar surface area (TPSA) is 98.7 Å². The Balaban J connectivity index is 2.24. The van der Waals surface area contributed by atoms with Crippen LogP contribution in [0, 0.1) is 5.92 Å². The summed E-state index contributed by atoms with van der Waals surface area (Å²) in [7, 11) is 0. The van der Waals surface area contributed by atoms with Crippen LogP contribution in [-0.4, -0.2) is 54.1 Å². The van der Waals surface area contributed by atoms with Crippen molar-refractivity contribution in [2.45, 2.75) is 26.2 Å². The molecule has 1 aliphatic rings. The number of nitrogens with zero attached hydrogens (tertiary/aromatic N) is 1. The molecule has 0 radical (unpaired) electrons. The molecule has 1 rings (SSSR count). The molecule has 0 aromatic heterocycles. The molecular weight excluding hydrogens is 250 g/mol. The molecule has 0 aromatic carbocycles. The van der Waals surface area contributed by atoms with Crippen LogP contribution in [0.2, 0.25) is 0 Å². The molecule has 1 heterocycles. The van der Waals surface area contributed by atoms with Gasteiger partial charge in [0.1, 0.15) is 0 Å². The van der Waals surface area contributed by atoms with Crippen LogP contribution >= 0.6 is 0 Å². The molecule has 1 aliphatic heterocycles. The van der Waals surface area contributed by atoms with E-state index in [1.54, 1.807) is 4.90 Å². The number of carbonyl (C=O) groups is 3. The predicted octanol–water partition coefficient (Wildman–Crippen LogP) is 0.0188. The van der Waals surface area contributed by atoms with Crippen LogP contribution in [0.3, 0.4) is 0 Å². The van der Waals surface area contributed by atoms with Crippen molar-refractivity contribution in [1.29, 1.82) is 0 Å².